The van der Waals surface area contributed by atoms with Crippen LogP contribution in [0.5, 0.6) is 0 Å². The first-order valence-electron chi connectivity index (χ1n) is 5.02. The molecule has 0 rings (SSSR count). The number of ether oxygens (including phenoxy) is 4. The van der Waals surface area contributed by atoms with Crippen LogP contribution >= 0.6 is 0 Å². The Morgan fingerprint density at radius 3 is 1.10 bits per heavy atom. The van der Waals surface area contributed by atoms with Crippen LogP contribution in [0.4, 0.5) is 0 Å². The van der Waals surface area contributed by atoms with E-state index in [1.165, 1.54) is 0 Å². The van der Waals surface area contributed by atoms with Crippen LogP contribution in [0.3, 0.4) is 0 Å². The van der Waals surface area contributed by atoms with E-state index >= 15 is 0 Å². The van der Waals surface area contributed by atoms with E-state index in [4.69, 9.17) is 0 Å². The van der Waals surface area contributed by atoms with Crippen LogP contribution < -0.4 is 0 Å². The van der Waals surface area contributed by atoms with Gasteiger partial charge in [0, 0.05) is 0 Å². The number of esters is 4. The molecule has 0 atom stereocenters. The zero-order chi connectivity index (χ0) is 15.7. The first-order valence-corrected chi connectivity index (χ1v) is 5.02. The van der Waals surface area contributed by atoms with Gasteiger partial charge in [-0.2, -0.15) is 0 Å². The van der Waals surface area contributed by atoms with Gasteiger partial charge in [0.25, 0.3) is 11.9 Å². The van der Waals surface area contributed by atoms with Gasteiger partial charge in [0.1, 0.15) is 0 Å². The molecule has 0 amide bonds. The Kier molecular flexibility index (Phi) is 11.0. The van der Waals surface area contributed by atoms with Crippen molar-refractivity contribution in [2.45, 2.75) is 0 Å². The normalized spacial score (nSPS) is 10.9. The minimum Gasteiger partial charge on any atom is -0.531 e. The third-order valence-corrected chi connectivity index (χ3v) is 1.85. The minimum atomic E-state index is -1.10. The summed E-state index contributed by atoms with van der Waals surface area (Å²) in [5.41, 5.74) is -1.34. The monoisotopic (exact) mass is 479 g/mol. The summed E-state index contributed by atoms with van der Waals surface area (Å²) in [6.07, 6.45) is 3.87. The average Bonchev–Trinajstić information content (AvgIpc) is 2.48. The fraction of sp³-hybridized carbons (Fsp3) is 0.333. The predicted octanol–water partition coefficient (Wildman–Crippen LogP) is -0.865. The molecule has 0 aromatic carbocycles. The van der Waals surface area contributed by atoms with Gasteiger partial charge in [-0.15, -0.1) is 12.2 Å². The second-order valence-corrected chi connectivity index (χ2v) is 2.97. The zero-order valence-electron chi connectivity index (χ0n) is 11.6. The molecule has 0 aromatic rings. The zero-order valence-corrected chi connectivity index (χ0v) is 13.9. The second-order valence-electron chi connectivity index (χ2n) is 2.97. The van der Waals surface area contributed by atoms with Crippen molar-refractivity contribution in [3.63, 3.8) is 0 Å². The molecule has 0 aromatic heterocycles. The standard InChI is InChI=1S/C12H12O8.Pt/c1-17-9(13)5-7(11(15)19-3)8(12(16)20-4)6-10(14)18-2;/h1-4H3;/q-2;+2. The molecule has 0 heterocycles. The number of rotatable bonds is 5. The Morgan fingerprint density at radius 2 is 0.905 bits per heavy atom. The fourth-order valence-corrected chi connectivity index (χ4v) is 0.941. The van der Waals surface area contributed by atoms with Crippen LogP contribution in [-0.4, -0.2) is 52.3 Å². The molecule has 21 heavy (non-hydrogen) atoms. The summed E-state index contributed by atoms with van der Waals surface area (Å²) in [5, 5.41) is 0. The summed E-state index contributed by atoms with van der Waals surface area (Å²) in [6.45, 7) is 0. The van der Waals surface area contributed by atoms with Gasteiger partial charge in [-0.25, -0.2) is 11.1 Å². The molecule has 0 aliphatic carbocycles. The van der Waals surface area contributed by atoms with Crippen LogP contribution in [0, 0.1) is 12.2 Å². The van der Waals surface area contributed by atoms with E-state index < -0.39 is 35.0 Å². The molecular weight excluding hydrogens is 467 g/mol. The van der Waals surface area contributed by atoms with E-state index in [9.17, 15) is 19.2 Å². The Morgan fingerprint density at radius 1 is 0.619 bits per heavy atom. The summed E-state index contributed by atoms with van der Waals surface area (Å²) in [4.78, 5) is 45.4. The van der Waals surface area contributed by atoms with Crippen LogP contribution in [0.25, 0.3) is 0 Å². The van der Waals surface area contributed by atoms with Crippen molar-refractivity contribution >= 4 is 23.9 Å². The summed E-state index contributed by atoms with van der Waals surface area (Å²) in [7, 11) is 4.09. The molecule has 0 saturated heterocycles. The van der Waals surface area contributed by atoms with Crippen molar-refractivity contribution in [3.8, 4) is 0 Å². The molecular formula is C12H12O8Pt. The molecule has 118 valence electrons. The molecule has 0 fully saturated rings. The van der Waals surface area contributed by atoms with Crippen molar-refractivity contribution in [1.82, 2.24) is 0 Å². The van der Waals surface area contributed by atoms with Gasteiger partial charge in [-0.3, -0.25) is 9.59 Å². The van der Waals surface area contributed by atoms with Crippen molar-refractivity contribution < 1.29 is 59.2 Å². The maximum absolute atomic E-state index is 11.5. The molecule has 0 radical (unpaired) electrons. The van der Waals surface area contributed by atoms with Crippen molar-refractivity contribution in [3.05, 3.63) is 23.3 Å². The van der Waals surface area contributed by atoms with Gasteiger partial charge >= 0.3 is 21.1 Å². The van der Waals surface area contributed by atoms with E-state index in [1.807, 2.05) is 12.2 Å². The van der Waals surface area contributed by atoms with Gasteiger partial charge in [0.2, 0.25) is 0 Å². The molecule has 0 unspecified atom stereocenters. The summed E-state index contributed by atoms with van der Waals surface area (Å²) in [5.74, 6) is -4.32. The van der Waals surface area contributed by atoms with Gasteiger partial charge in [0.15, 0.2) is 11.9 Å². The Labute approximate surface area is 135 Å². The maximum Gasteiger partial charge on any atom is 2.00 e. The van der Waals surface area contributed by atoms with Gasteiger partial charge in [-0.05, 0) is 0 Å². The molecule has 0 aliphatic rings. The molecule has 9 heteroatoms. The second kappa shape index (κ2) is 10.8. The molecule has 8 nitrogen and oxygen atoms in total. The number of carbonyl (C=O) groups excluding carboxylic acids is 4. The average molecular weight is 479 g/mol. The van der Waals surface area contributed by atoms with Crippen LogP contribution in [0.15, 0.2) is 11.1 Å². The molecule has 0 saturated carbocycles. The van der Waals surface area contributed by atoms with Gasteiger partial charge in [0.05, 0.1) is 28.4 Å². The summed E-state index contributed by atoms with van der Waals surface area (Å²) in [6, 6.07) is 0. The van der Waals surface area contributed by atoms with Crippen LogP contribution in [0.2, 0.25) is 0 Å². The van der Waals surface area contributed by atoms with Gasteiger partial charge < -0.3 is 28.5 Å². The van der Waals surface area contributed by atoms with E-state index in [-0.39, 0.29) is 21.1 Å². The molecule has 0 aliphatic heterocycles. The first kappa shape index (κ1) is 21.3. The summed E-state index contributed by atoms with van der Waals surface area (Å²) >= 11 is 0. The Hall–Kier alpha value is -1.95. The topological polar surface area (TPSA) is 105 Å². The van der Waals surface area contributed by atoms with E-state index in [1.54, 1.807) is 0 Å². The number of methoxy groups -OCH3 is 4. The van der Waals surface area contributed by atoms with Crippen LogP contribution in [-0.2, 0) is 59.2 Å². The maximum atomic E-state index is 11.5. The van der Waals surface area contributed by atoms with E-state index in [2.05, 4.69) is 18.9 Å². The Balaban J connectivity index is 0. The predicted molar refractivity (Wildman–Crippen MR) is 61.6 cm³/mol. The van der Waals surface area contributed by atoms with Crippen LogP contribution in [0.1, 0.15) is 0 Å². The quantitative estimate of drug-likeness (QED) is 0.165. The number of hydrogen-bond acceptors (Lipinski definition) is 8. The van der Waals surface area contributed by atoms with Gasteiger partial charge in [-0.1, -0.05) is 0 Å². The Bertz CT molecular complexity index is 434. The molecule has 0 bridgehead atoms. The molecule has 0 N–H and O–H groups in total. The number of hydrogen-bond donors (Lipinski definition) is 0. The third-order valence-electron chi connectivity index (χ3n) is 1.85. The van der Waals surface area contributed by atoms with Crippen molar-refractivity contribution in [1.29, 1.82) is 0 Å². The van der Waals surface area contributed by atoms with E-state index in [0.717, 1.165) is 28.4 Å². The smallest absolute Gasteiger partial charge is 0.531 e. The number of carbonyl (C=O) groups is 4. The largest absolute Gasteiger partial charge is 2.00 e. The van der Waals surface area contributed by atoms with E-state index in [0.29, 0.717) is 0 Å². The minimum absolute atomic E-state index is 0. The van der Waals surface area contributed by atoms with Crippen molar-refractivity contribution in [2.24, 2.45) is 0 Å². The first-order chi connectivity index (χ1) is 9.40. The summed E-state index contributed by atoms with van der Waals surface area (Å²) < 4.78 is 17.3. The third kappa shape index (κ3) is 6.85. The van der Waals surface area contributed by atoms with Crippen molar-refractivity contribution in [2.75, 3.05) is 28.4 Å². The molecule has 0 spiro atoms. The SMILES string of the molecule is COC(=O)[C-]=C(C(=O)OC)C(=[C-]C(=O)OC)C(=O)OC.[Pt+2]. The fourth-order valence-electron chi connectivity index (χ4n) is 0.941.